The first kappa shape index (κ1) is 73.9. The van der Waals surface area contributed by atoms with Crippen LogP contribution < -0.4 is 5.32 Å². The highest BCUT2D eigenvalue weighted by Crippen LogP contribution is 2.19. The summed E-state index contributed by atoms with van der Waals surface area (Å²) < 4.78 is 5.48. The van der Waals surface area contributed by atoms with Crippen molar-refractivity contribution < 1.29 is 24.5 Å². The van der Waals surface area contributed by atoms with E-state index in [4.69, 9.17) is 4.74 Å². The molecule has 0 aromatic rings. The van der Waals surface area contributed by atoms with E-state index in [1.54, 1.807) is 0 Å². The van der Waals surface area contributed by atoms with E-state index >= 15 is 0 Å². The van der Waals surface area contributed by atoms with Gasteiger partial charge in [0, 0.05) is 12.8 Å². The van der Waals surface area contributed by atoms with Crippen molar-refractivity contribution in [2.75, 3.05) is 13.2 Å². The SMILES string of the molecule is CCCCCCCCCCCCCCCCCCCCCCCC(O)C(CO)NC(=O)CCCCCCCCCCCCCCCCCCCCCCCCCCCOC(=O)CCCCCCCCCCCCCC. The van der Waals surface area contributed by atoms with Crippen LogP contribution in [0.4, 0.5) is 0 Å². The number of aliphatic hydroxyl groups excluding tert-OH is 2. The number of carbonyl (C=O) groups is 2. The van der Waals surface area contributed by atoms with Gasteiger partial charge in [-0.15, -0.1) is 0 Å². The van der Waals surface area contributed by atoms with E-state index < -0.39 is 12.1 Å². The highest BCUT2D eigenvalue weighted by molar-refractivity contribution is 5.76. The maximum atomic E-state index is 12.5. The van der Waals surface area contributed by atoms with Gasteiger partial charge in [-0.2, -0.15) is 0 Å². The lowest BCUT2D eigenvalue weighted by Gasteiger charge is -2.22. The Bertz CT molecular complexity index is 1080. The van der Waals surface area contributed by atoms with E-state index in [1.165, 1.54) is 334 Å². The smallest absolute Gasteiger partial charge is 0.305 e. The van der Waals surface area contributed by atoms with Gasteiger partial charge in [0.1, 0.15) is 0 Å². The van der Waals surface area contributed by atoms with Crippen LogP contribution in [0.25, 0.3) is 0 Å². The van der Waals surface area contributed by atoms with E-state index in [0.717, 1.165) is 38.5 Å². The molecule has 6 nitrogen and oxygen atoms in total. The summed E-state index contributed by atoms with van der Waals surface area (Å²) in [6, 6.07) is -0.540. The molecule has 6 heteroatoms. The molecule has 0 heterocycles. The maximum absolute atomic E-state index is 12.5. The fourth-order valence-corrected chi connectivity index (χ4v) is 11.4. The number of carbonyl (C=O) groups excluding carboxylic acids is 2. The highest BCUT2D eigenvalue weighted by atomic mass is 16.5. The third-order valence-electron chi connectivity index (χ3n) is 16.7. The van der Waals surface area contributed by atoms with E-state index in [-0.39, 0.29) is 18.5 Å². The Morgan fingerprint density at radius 3 is 0.813 bits per heavy atom. The van der Waals surface area contributed by atoms with E-state index in [2.05, 4.69) is 19.2 Å². The zero-order chi connectivity index (χ0) is 54.3. The highest BCUT2D eigenvalue weighted by Gasteiger charge is 2.20. The normalized spacial score (nSPS) is 12.4. The zero-order valence-corrected chi connectivity index (χ0v) is 51.3. The number of nitrogens with one attached hydrogen (secondary N) is 1. The van der Waals surface area contributed by atoms with Crippen LogP contribution in [0, 0.1) is 0 Å². The molecule has 0 saturated carbocycles. The molecule has 448 valence electrons. The molecule has 0 radical (unpaired) electrons. The number of esters is 1. The minimum absolute atomic E-state index is 0.0184. The molecule has 0 fully saturated rings. The van der Waals surface area contributed by atoms with Crippen molar-refractivity contribution >= 4 is 11.9 Å². The molecule has 2 atom stereocenters. The Labute approximate surface area is 470 Å². The molecular weight excluding hydrogens is 923 g/mol. The molecule has 0 rings (SSSR count). The molecule has 0 aromatic carbocycles. The summed E-state index contributed by atoms with van der Waals surface area (Å²) in [5.41, 5.74) is 0. The van der Waals surface area contributed by atoms with Gasteiger partial charge >= 0.3 is 5.97 Å². The molecule has 0 spiro atoms. The molecule has 0 saturated heterocycles. The van der Waals surface area contributed by atoms with Gasteiger partial charge in [0.15, 0.2) is 0 Å². The van der Waals surface area contributed by atoms with Crippen molar-refractivity contribution in [1.82, 2.24) is 5.32 Å². The van der Waals surface area contributed by atoms with Crippen LogP contribution in [0.15, 0.2) is 0 Å². The Morgan fingerprint density at radius 1 is 0.320 bits per heavy atom. The van der Waals surface area contributed by atoms with Crippen molar-refractivity contribution in [2.24, 2.45) is 0 Å². The number of rotatable bonds is 66. The van der Waals surface area contributed by atoms with Crippen LogP contribution in [0.3, 0.4) is 0 Å². The number of unbranched alkanes of at least 4 members (excludes halogenated alkanes) is 55. The van der Waals surface area contributed by atoms with Gasteiger partial charge in [0.2, 0.25) is 5.91 Å². The number of aliphatic hydroxyl groups is 2. The van der Waals surface area contributed by atoms with Crippen molar-refractivity contribution in [3.63, 3.8) is 0 Å². The van der Waals surface area contributed by atoms with Crippen LogP contribution in [-0.2, 0) is 14.3 Å². The summed E-state index contributed by atoms with van der Waals surface area (Å²) >= 11 is 0. The summed E-state index contributed by atoms with van der Waals surface area (Å²) in [5, 5.41) is 23.4. The number of amides is 1. The van der Waals surface area contributed by atoms with Crippen molar-refractivity contribution in [3.8, 4) is 0 Å². The second-order valence-electron chi connectivity index (χ2n) is 24.2. The molecular formula is C69H137NO5. The Kier molecular flexibility index (Phi) is 64.4. The first-order chi connectivity index (χ1) is 37.0. The van der Waals surface area contributed by atoms with Crippen molar-refractivity contribution in [2.45, 2.75) is 418 Å². The maximum Gasteiger partial charge on any atom is 0.305 e. The minimum Gasteiger partial charge on any atom is -0.466 e. The van der Waals surface area contributed by atoms with Gasteiger partial charge in [-0.3, -0.25) is 9.59 Å². The first-order valence-corrected chi connectivity index (χ1v) is 34.8. The lowest BCUT2D eigenvalue weighted by atomic mass is 10.0. The van der Waals surface area contributed by atoms with Gasteiger partial charge in [-0.1, -0.05) is 367 Å². The molecule has 0 aliphatic heterocycles. The Balaban J connectivity index is 3.35. The minimum atomic E-state index is -0.663. The average Bonchev–Trinajstić information content (AvgIpc) is 3.41. The van der Waals surface area contributed by atoms with Crippen LogP contribution in [0.1, 0.15) is 406 Å². The molecule has 2 unspecified atom stereocenters. The fraction of sp³-hybridized carbons (Fsp3) is 0.971. The molecule has 0 bridgehead atoms. The monoisotopic (exact) mass is 1060 g/mol. The van der Waals surface area contributed by atoms with Gasteiger partial charge in [0.25, 0.3) is 0 Å². The third kappa shape index (κ3) is 61.9. The van der Waals surface area contributed by atoms with Gasteiger partial charge in [-0.25, -0.2) is 0 Å². The third-order valence-corrected chi connectivity index (χ3v) is 16.7. The largest absolute Gasteiger partial charge is 0.466 e. The molecule has 0 aliphatic rings. The predicted molar refractivity (Wildman–Crippen MR) is 329 cm³/mol. The molecule has 0 aromatic heterocycles. The van der Waals surface area contributed by atoms with E-state index in [9.17, 15) is 19.8 Å². The summed E-state index contributed by atoms with van der Waals surface area (Å²) in [5.74, 6) is -0.00944. The molecule has 75 heavy (non-hydrogen) atoms. The second-order valence-corrected chi connectivity index (χ2v) is 24.2. The van der Waals surface area contributed by atoms with Crippen LogP contribution >= 0.6 is 0 Å². The quantitative estimate of drug-likeness (QED) is 0.0417. The van der Waals surface area contributed by atoms with Gasteiger partial charge in [-0.05, 0) is 25.7 Å². The van der Waals surface area contributed by atoms with E-state index in [1.807, 2.05) is 0 Å². The Morgan fingerprint density at radius 2 is 0.547 bits per heavy atom. The number of hydrogen-bond donors (Lipinski definition) is 3. The second kappa shape index (κ2) is 65.4. The topological polar surface area (TPSA) is 95.9 Å². The number of ether oxygens (including phenoxy) is 1. The summed E-state index contributed by atoms with van der Waals surface area (Å²) in [6.07, 6.45) is 78.6. The van der Waals surface area contributed by atoms with Crippen LogP contribution in [0.2, 0.25) is 0 Å². The molecule has 0 aliphatic carbocycles. The van der Waals surface area contributed by atoms with Crippen molar-refractivity contribution in [1.29, 1.82) is 0 Å². The summed E-state index contributed by atoms with van der Waals surface area (Å²) in [4.78, 5) is 24.6. The average molecular weight is 1060 g/mol. The summed E-state index contributed by atoms with van der Waals surface area (Å²) in [7, 11) is 0. The van der Waals surface area contributed by atoms with E-state index in [0.29, 0.717) is 25.9 Å². The molecule has 3 N–H and O–H groups in total. The lowest BCUT2D eigenvalue weighted by Crippen LogP contribution is -2.45. The fourth-order valence-electron chi connectivity index (χ4n) is 11.4. The van der Waals surface area contributed by atoms with Gasteiger partial charge in [0.05, 0.1) is 25.4 Å². The van der Waals surface area contributed by atoms with Crippen LogP contribution in [-0.4, -0.2) is 47.4 Å². The van der Waals surface area contributed by atoms with Gasteiger partial charge < -0.3 is 20.3 Å². The summed E-state index contributed by atoms with van der Waals surface area (Å²) in [6.45, 7) is 5.00. The van der Waals surface area contributed by atoms with Crippen LogP contribution in [0.5, 0.6) is 0 Å². The first-order valence-electron chi connectivity index (χ1n) is 34.8. The molecule has 1 amide bonds. The van der Waals surface area contributed by atoms with Crippen molar-refractivity contribution in [3.05, 3.63) is 0 Å². The number of hydrogen-bond acceptors (Lipinski definition) is 5. The Hall–Kier alpha value is -1.14. The zero-order valence-electron chi connectivity index (χ0n) is 51.3. The lowest BCUT2D eigenvalue weighted by molar-refractivity contribution is -0.143. The standard InChI is InChI=1S/C69H137NO5/c1-3-5-7-9-11-13-15-17-18-19-20-26-29-32-35-38-41-45-49-53-57-61-67(72)66(65-71)70-68(73)62-58-54-50-46-42-39-36-33-30-27-24-22-21-23-25-28-31-34-37-40-44-48-52-56-60-64-75-69(74)63-59-55-51-47-43-16-14-12-10-8-6-4-2/h66-67,71-72H,3-65H2,1-2H3,(H,70,73). The predicted octanol–water partition coefficient (Wildman–Crippen LogP) is 22.2.